The van der Waals surface area contributed by atoms with E-state index in [1.165, 1.54) is 0 Å². The van der Waals surface area contributed by atoms with E-state index in [0.29, 0.717) is 15.8 Å². The molecule has 0 aromatic rings. The Balaban J connectivity index is 2.91. The third-order valence-electron chi connectivity index (χ3n) is 0.525. The number of halogens is 2. The van der Waals surface area contributed by atoms with Crippen LogP contribution in [0.2, 0.25) is 6.04 Å². The Hall–Kier alpha value is 0.337. The van der Waals surface area contributed by atoms with E-state index in [1.54, 1.807) is 6.26 Å². The molecule has 0 N–H and O–H groups in total. The van der Waals surface area contributed by atoms with Crippen molar-refractivity contribution in [1.29, 1.82) is 0 Å². The fourth-order valence-corrected chi connectivity index (χ4v) is 1.06. The smallest absolute Gasteiger partial charge is 0.312 e. The molecule has 0 unspecified atom stereocenters. The van der Waals surface area contributed by atoms with Crippen molar-refractivity contribution in [2.24, 2.45) is 0 Å². The molecule has 2 radical (unpaired) electrons. The average Bonchev–Trinajstić information content (AvgIpc) is 1.80. The summed E-state index contributed by atoms with van der Waals surface area (Å²) >= 11 is 10.8. The summed E-state index contributed by atoms with van der Waals surface area (Å²) in [7, 11) is 0.369. The number of rotatable bonds is 4. The van der Waals surface area contributed by atoms with Gasteiger partial charge in [0.05, 0.1) is 6.26 Å². The van der Waals surface area contributed by atoms with Gasteiger partial charge in [0.2, 0.25) is 0 Å². The van der Waals surface area contributed by atoms with E-state index in [2.05, 4.69) is 0 Å². The van der Waals surface area contributed by atoms with Crippen LogP contribution in [-0.2, 0) is 4.43 Å². The second-order valence-corrected chi connectivity index (χ2v) is 3.54. The molecule has 0 atom stereocenters. The summed E-state index contributed by atoms with van der Waals surface area (Å²) in [4.78, 5) is -0.298. The summed E-state index contributed by atoms with van der Waals surface area (Å²) < 4.78 is 4.97. The molecule has 0 aromatic heterocycles. The quantitative estimate of drug-likeness (QED) is 0.281. The maximum Gasteiger partial charge on any atom is 0.312 e. The molecular weight excluding hydrogens is 175 g/mol. The molecule has 4 heteroatoms. The lowest BCUT2D eigenvalue weighted by Crippen LogP contribution is -1.96. The van der Waals surface area contributed by atoms with Crippen molar-refractivity contribution in [3.8, 4) is 0 Å². The predicted molar refractivity (Wildman–Crippen MR) is 42.0 cm³/mol. The lowest BCUT2D eigenvalue weighted by molar-refractivity contribution is 0.512. The van der Waals surface area contributed by atoms with Crippen LogP contribution in [0, 0.1) is 0 Å². The molecule has 0 saturated heterocycles. The van der Waals surface area contributed by atoms with E-state index in [1.807, 2.05) is 13.0 Å². The van der Waals surface area contributed by atoms with Crippen molar-refractivity contribution in [2.45, 2.75) is 17.8 Å². The summed E-state index contributed by atoms with van der Waals surface area (Å²) in [6.07, 6.45) is 3.46. The molecule has 0 amide bonds. The van der Waals surface area contributed by atoms with Gasteiger partial charge in [0.25, 0.3) is 0 Å². The van der Waals surface area contributed by atoms with Crippen LogP contribution < -0.4 is 0 Å². The molecule has 0 saturated carbocycles. The minimum atomic E-state index is -0.298. The molecule has 0 aliphatic heterocycles. The summed E-state index contributed by atoms with van der Waals surface area (Å²) in [6, 6.07) is 0.702. The Morgan fingerprint density at radius 3 is 2.78 bits per heavy atom. The van der Waals surface area contributed by atoms with Gasteiger partial charge in [0.15, 0.2) is 0 Å². The Bertz CT molecular complexity index is 85.0. The van der Waals surface area contributed by atoms with E-state index in [4.69, 9.17) is 27.6 Å². The second kappa shape index (κ2) is 6.46. The Morgan fingerprint density at radius 2 is 2.33 bits per heavy atom. The monoisotopic (exact) mass is 182 g/mol. The average molecular weight is 183 g/mol. The summed E-state index contributed by atoms with van der Waals surface area (Å²) in [6.45, 7) is 1.89. The number of allylic oxidation sites excluding steroid dienone is 1. The van der Waals surface area contributed by atoms with E-state index in [9.17, 15) is 0 Å². The van der Waals surface area contributed by atoms with Crippen molar-refractivity contribution >= 4 is 33.0 Å². The van der Waals surface area contributed by atoms with Gasteiger partial charge >= 0.3 is 9.76 Å². The molecule has 0 fully saturated rings. The molecule has 0 aliphatic rings. The van der Waals surface area contributed by atoms with Crippen LogP contribution in [0.25, 0.3) is 0 Å². The molecule has 52 valence electrons. The standard InChI is InChI=1S/C5H8Cl2OSi/c1-2-3-8-9-4-5(6)7/h2-3,5H,4H2,1H3. The molecule has 0 aromatic carbocycles. The number of alkyl halides is 2. The van der Waals surface area contributed by atoms with Crippen LogP contribution in [0.15, 0.2) is 12.3 Å². The van der Waals surface area contributed by atoms with Gasteiger partial charge in [-0.1, -0.05) is 6.08 Å². The largest absolute Gasteiger partial charge is 0.547 e. The predicted octanol–water partition coefficient (Wildman–Crippen LogP) is 2.38. The van der Waals surface area contributed by atoms with Crippen LogP contribution in [0.1, 0.15) is 6.92 Å². The molecule has 0 rings (SSSR count). The highest BCUT2D eigenvalue weighted by atomic mass is 35.5. The maximum atomic E-state index is 5.42. The zero-order valence-corrected chi connectivity index (χ0v) is 7.62. The molecule has 0 spiro atoms. The fraction of sp³-hybridized carbons (Fsp3) is 0.600. The van der Waals surface area contributed by atoms with Gasteiger partial charge in [-0.25, -0.2) is 0 Å². The Kier molecular flexibility index (Phi) is 6.70. The van der Waals surface area contributed by atoms with E-state index < -0.39 is 0 Å². The fourth-order valence-electron chi connectivity index (χ4n) is 0.227. The SMILES string of the molecule is CC=CO[Si]CC(Cl)Cl. The lowest BCUT2D eigenvalue weighted by Gasteiger charge is -1.96. The highest BCUT2D eigenvalue weighted by Gasteiger charge is 1.98. The molecule has 0 aliphatic carbocycles. The van der Waals surface area contributed by atoms with Gasteiger partial charge in [-0.05, 0) is 6.92 Å². The van der Waals surface area contributed by atoms with E-state index in [-0.39, 0.29) is 4.84 Å². The summed E-state index contributed by atoms with van der Waals surface area (Å²) in [5.41, 5.74) is 0. The number of hydrogen-bond donors (Lipinski definition) is 0. The van der Waals surface area contributed by atoms with Gasteiger partial charge in [0.1, 0.15) is 4.84 Å². The number of hydrogen-bond acceptors (Lipinski definition) is 1. The van der Waals surface area contributed by atoms with Crippen molar-refractivity contribution in [2.75, 3.05) is 0 Å². The van der Waals surface area contributed by atoms with E-state index in [0.717, 1.165) is 0 Å². The first kappa shape index (κ1) is 9.34. The normalized spacial score (nSPS) is 11.1. The van der Waals surface area contributed by atoms with Crippen LogP contribution in [0.3, 0.4) is 0 Å². The van der Waals surface area contributed by atoms with Gasteiger partial charge in [-0.3, -0.25) is 0 Å². The van der Waals surface area contributed by atoms with Gasteiger partial charge < -0.3 is 4.43 Å². The lowest BCUT2D eigenvalue weighted by atomic mass is 10.8. The van der Waals surface area contributed by atoms with Crippen molar-refractivity contribution in [1.82, 2.24) is 0 Å². The third-order valence-corrected chi connectivity index (χ3v) is 2.23. The minimum Gasteiger partial charge on any atom is -0.547 e. The van der Waals surface area contributed by atoms with Crippen molar-refractivity contribution < 1.29 is 4.43 Å². The van der Waals surface area contributed by atoms with E-state index >= 15 is 0 Å². The highest BCUT2D eigenvalue weighted by Crippen LogP contribution is 2.06. The van der Waals surface area contributed by atoms with Gasteiger partial charge in [-0.2, -0.15) is 0 Å². The first-order valence-electron chi connectivity index (χ1n) is 2.55. The van der Waals surface area contributed by atoms with Gasteiger partial charge in [-0.15, -0.1) is 23.2 Å². The molecular formula is C5H8Cl2OSi. The van der Waals surface area contributed by atoms with Crippen molar-refractivity contribution in [3.63, 3.8) is 0 Å². The molecule has 0 bridgehead atoms. The third kappa shape index (κ3) is 8.34. The molecule has 9 heavy (non-hydrogen) atoms. The second-order valence-electron chi connectivity index (χ2n) is 1.33. The first-order chi connectivity index (χ1) is 4.27. The van der Waals surface area contributed by atoms with Crippen LogP contribution in [0.4, 0.5) is 0 Å². The van der Waals surface area contributed by atoms with Crippen LogP contribution in [0.5, 0.6) is 0 Å². The zero-order valence-electron chi connectivity index (χ0n) is 5.10. The summed E-state index contributed by atoms with van der Waals surface area (Å²) in [5.74, 6) is 0. The highest BCUT2D eigenvalue weighted by molar-refractivity contribution is 6.48. The minimum absolute atomic E-state index is 0.298. The summed E-state index contributed by atoms with van der Waals surface area (Å²) in [5, 5.41) is 0. The van der Waals surface area contributed by atoms with Crippen LogP contribution >= 0.6 is 23.2 Å². The zero-order chi connectivity index (χ0) is 7.11. The van der Waals surface area contributed by atoms with Crippen LogP contribution in [-0.4, -0.2) is 14.6 Å². The van der Waals surface area contributed by atoms with Crippen molar-refractivity contribution in [3.05, 3.63) is 12.3 Å². The Labute approximate surface area is 67.9 Å². The molecule has 0 heterocycles. The maximum absolute atomic E-state index is 5.42. The first-order valence-corrected chi connectivity index (χ1v) is 4.54. The molecule has 1 nitrogen and oxygen atoms in total. The van der Waals surface area contributed by atoms with Gasteiger partial charge in [0, 0.05) is 6.04 Å². The topological polar surface area (TPSA) is 9.23 Å². The Morgan fingerprint density at radius 1 is 1.67 bits per heavy atom.